The molecule has 0 saturated heterocycles. The molecule has 1 aromatic carbocycles. The third-order valence-corrected chi connectivity index (χ3v) is 5.61. The van der Waals surface area contributed by atoms with E-state index in [-0.39, 0.29) is 16.9 Å². The van der Waals surface area contributed by atoms with Crippen molar-refractivity contribution in [3.05, 3.63) is 24.3 Å². The SMILES string of the molecule is CCOCCOc1ccc(S(=O)(=O)NC2CCCC2CN)cc1. The van der Waals surface area contributed by atoms with Crippen LogP contribution in [-0.2, 0) is 14.8 Å². The van der Waals surface area contributed by atoms with E-state index in [2.05, 4.69) is 4.72 Å². The fraction of sp³-hybridized carbons (Fsp3) is 0.625. The molecule has 1 aliphatic rings. The van der Waals surface area contributed by atoms with Gasteiger partial charge in [0.2, 0.25) is 10.0 Å². The third-order valence-electron chi connectivity index (χ3n) is 4.10. The topological polar surface area (TPSA) is 90.6 Å². The lowest BCUT2D eigenvalue weighted by Crippen LogP contribution is -2.39. The largest absolute Gasteiger partial charge is 0.491 e. The molecule has 7 heteroatoms. The van der Waals surface area contributed by atoms with Gasteiger partial charge >= 0.3 is 0 Å². The zero-order valence-corrected chi connectivity index (χ0v) is 14.3. The average Bonchev–Trinajstić information content (AvgIpc) is 2.98. The van der Waals surface area contributed by atoms with Crippen molar-refractivity contribution in [1.29, 1.82) is 0 Å². The zero-order valence-electron chi connectivity index (χ0n) is 13.5. The molecule has 0 heterocycles. The summed E-state index contributed by atoms with van der Waals surface area (Å²) in [5, 5.41) is 0. The van der Waals surface area contributed by atoms with E-state index in [4.69, 9.17) is 15.2 Å². The van der Waals surface area contributed by atoms with Crippen molar-refractivity contribution >= 4 is 10.0 Å². The first-order chi connectivity index (χ1) is 11.1. The minimum Gasteiger partial charge on any atom is -0.491 e. The molecule has 0 spiro atoms. The summed E-state index contributed by atoms with van der Waals surface area (Å²) in [7, 11) is -3.52. The van der Waals surface area contributed by atoms with E-state index in [1.807, 2.05) is 6.92 Å². The highest BCUT2D eigenvalue weighted by atomic mass is 32.2. The second-order valence-corrected chi connectivity index (χ2v) is 7.39. The summed E-state index contributed by atoms with van der Waals surface area (Å²) >= 11 is 0. The molecular weight excluding hydrogens is 316 g/mol. The van der Waals surface area contributed by atoms with Gasteiger partial charge in [-0.25, -0.2) is 13.1 Å². The van der Waals surface area contributed by atoms with Gasteiger partial charge in [0.1, 0.15) is 12.4 Å². The number of sulfonamides is 1. The van der Waals surface area contributed by atoms with Crippen LogP contribution in [0.1, 0.15) is 26.2 Å². The van der Waals surface area contributed by atoms with Crippen molar-refractivity contribution in [1.82, 2.24) is 4.72 Å². The predicted molar refractivity (Wildman–Crippen MR) is 88.9 cm³/mol. The van der Waals surface area contributed by atoms with Crippen LogP contribution < -0.4 is 15.2 Å². The van der Waals surface area contributed by atoms with Gasteiger partial charge in [-0.1, -0.05) is 6.42 Å². The first-order valence-corrected chi connectivity index (χ1v) is 9.58. The molecule has 1 aliphatic carbocycles. The van der Waals surface area contributed by atoms with Gasteiger partial charge in [-0.3, -0.25) is 0 Å². The van der Waals surface area contributed by atoms with Gasteiger partial charge in [0.15, 0.2) is 0 Å². The Hall–Kier alpha value is -1.15. The molecule has 2 atom stereocenters. The molecule has 0 aliphatic heterocycles. The normalized spacial score (nSPS) is 21.5. The van der Waals surface area contributed by atoms with E-state index in [1.165, 1.54) is 0 Å². The molecule has 3 N–H and O–H groups in total. The molecular formula is C16H26N2O4S. The fourth-order valence-corrected chi connectivity index (χ4v) is 4.16. The van der Waals surface area contributed by atoms with E-state index >= 15 is 0 Å². The van der Waals surface area contributed by atoms with Crippen LogP contribution in [0.5, 0.6) is 5.75 Å². The Morgan fingerprint density at radius 1 is 1.22 bits per heavy atom. The van der Waals surface area contributed by atoms with Crippen LogP contribution in [0.2, 0.25) is 0 Å². The summed E-state index contributed by atoms with van der Waals surface area (Å²) in [4.78, 5) is 0.248. The zero-order chi connectivity index (χ0) is 16.7. The van der Waals surface area contributed by atoms with Gasteiger partial charge in [0.05, 0.1) is 11.5 Å². The van der Waals surface area contributed by atoms with Gasteiger partial charge in [0, 0.05) is 12.6 Å². The second kappa shape index (κ2) is 8.63. The molecule has 0 aromatic heterocycles. The summed E-state index contributed by atoms with van der Waals surface area (Å²) < 4.78 is 38.4. The fourth-order valence-electron chi connectivity index (χ4n) is 2.82. The van der Waals surface area contributed by atoms with Crippen molar-refractivity contribution < 1.29 is 17.9 Å². The molecule has 0 bridgehead atoms. The van der Waals surface area contributed by atoms with Crippen LogP contribution in [0.3, 0.4) is 0 Å². The molecule has 6 nitrogen and oxygen atoms in total. The molecule has 1 aromatic rings. The van der Waals surface area contributed by atoms with Crippen molar-refractivity contribution in [2.75, 3.05) is 26.4 Å². The number of nitrogens with one attached hydrogen (secondary N) is 1. The predicted octanol–water partition coefficient (Wildman–Crippen LogP) is 1.51. The summed E-state index contributed by atoms with van der Waals surface area (Å²) in [6, 6.07) is 6.38. The van der Waals surface area contributed by atoms with Gasteiger partial charge in [0.25, 0.3) is 0 Å². The number of benzene rings is 1. The van der Waals surface area contributed by atoms with Crippen molar-refractivity contribution in [3.8, 4) is 5.75 Å². The Balaban J connectivity index is 1.94. The minimum atomic E-state index is -3.52. The van der Waals surface area contributed by atoms with Crippen molar-refractivity contribution in [3.63, 3.8) is 0 Å². The average molecular weight is 342 g/mol. The Labute approximate surface area is 138 Å². The maximum Gasteiger partial charge on any atom is 0.240 e. The van der Waals surface area contributed by atoms with E-state index in [1.54, 1.807) is 24.3 Å². The molecule has 1 saturated carbocycles. The maximum atomic E-state index is 12.4. The van der Waals surface area contributed by atoms with E-state index < -0.39 is 10.0 Å². The van der Waals surface area contributed by atoms with Crippen LogP contribution in [0, 0.1) is 5.92 Å². The first kappa shape index (κ1) is 18.2. The highest BCUT2D eigenvalue weighted by Gasteiger charge is 2.30. The molecule has 0 radical (unpaired) electrons. The van der Waals surface area contributed by atoms with Crippen molar-refractivity contribution in [2.24, 2.45) is 11.7 Å². The van der Waals surface area contributed by atoms with Gasteiger partial charge in [-0.05, 0) is 56.5 Å². The van der Waals surface area contributed by atoms with Crippen LogP contribution in [-0.4, -0.2) is 40.8 Å². The Bertz CT molecular complexity index is 574. The molecule has 2 rings (SSSR count). The first-order valence-electron chi connectivity index (χ1n) is 8.10. The smallest absolute Gasteiger partial charge is 0.240 e. The second-order valence-electron chi connectivity index (χ2n) is 5.67. The number of hydrogen-bond donors (Lipinski definition) is 2. The van der Waals surface area contributed by atoms with Crippen LogP contribution in [0.25, 0.3) is 0 Å². The number of rotatable bonds is 9. The highest BCUT2D eigenvalue weighted by molar-refractivity contribution is 7.89. The summed E-state index contributed by atoms with van der Waals surface area (Å²) in [6.45, 7) is 4.04. The lowest BCUT2D eigenvalue weighted by atomic mass is 10.1. The van der Waals surface area contributed by atoms with E-state index in [0.717, 1.165) is 19.3 Å². The third kappa shape index (κ3) is 5.17. The quantitative estimate of drug-likeness (QED) is 0.664. The Morgan fingerprint density at radius 3 is 2.61 bits per heavy atom. The molecule has 0 amide bonds. The van der Waals surface area contributed by atoms with Crippen molar-refractivity contribution in [2.45, 2.75) is 37.1 Å². The van der Waals surface area contributed by atoms with Gasteiger partial charge in [-0.2, -0.15) is 0 Å². The molecule has 2 unspecified atom stereocenters. The molecule has 130 valence electrons. The monoisotopic (exact) mass is 342 g/mol. The van der Waals surface area contributed by atoms with E-state index in [9.17, 15) is 8.42 Å². The van der Waals surface area contributed by atoms with Crippen LogP contribution in [0.15, 0.2) is 29.2 Å². The molecule has 1 fully saturated rings. The van der Waals surface area contributed by atoms with E-state index in [0.29, 0.717) is 32.1 Å². The standard InChI is InChI=1S/C16H26N2O4S/c1-2-21-10-11-22-14-6-8-15(9-7-14)23(19,20)18-16-5-3-4-13(16)12-17/h6-9,13,16,18H,2-5,10-12,17H2,1H3. The Morgan fingerprint density at radius 2 is 1.96 bits per heavy atom. The minimum absolute atomic E-state index is 0.0629. The molecule has 23 heavy (non-hydrogen) atoms. The van der Waals surface area contributed by atoms with Gasteiger partial charge < -0.3 is 15.2 Å². The highest BCUT2D eigenvalue weighted by Crippen LogP contribution is 2.26. The summed E-state index contributed by atoms with van der Waals surface area (Å²) in [6.07, 6.45) is 2.84. The number of nitrogens with two attached hydrogens (primary N) is 1. The maximum absolute atomic E-state index is 12.4. The number of ether oxygens (including phenoxy) is 2. The van der Waals surface area contributed by atoms with Crippen LogP contribution >= 0.6 is 0 Å². The Kier molecular flexibility index (Phi) is 6.83. The summed E-state index contributed by atoms with van der Waals surface area (Å²) in [5.74, 6) is 0.857. The van der Waals surface area contributed by atoms with Gasteiger partial charge in [-0.15, -0.1) is 0 Å². The number of hydrogen-bond acceptors (Lipinski definition) is 5. The lowest BCUT2D eigenvalue weighted by molar-refractivity contribution is 0.110. The lowest BCUT2D eigenvalue weighted by Gasteiger charge is -2.19. The van der Waals surface area contributed by atoms with Crippen LogP contribution in [0.4, 0.5) is 0 Å². The summed E-state index contributed by atoms with van der Waals surface area (Å²) in [5.41, 5.74) is 5.71.